The minimum Gasteiger partial charge on any atom is -0.469 e. The monoisotopic (exact) mass is 397 g/mol. The molecule has 6 nitrogen and oxygen atoms in total. The molecule has 0 atom stereocenters. The third kappa shape index (κ3) is 5.13. The SMILES string of the molecule is COC(=O)CCCN(C)C(=O)c1ccc(CSc2nc3ccccc3[nH]2)cc1. The van der Waals surface area contributed by atoms with Gasteiger partial charge in [0.2, 0.25) is 0 Å². The first-order chi connectivity index (χ1) is 13.6. The van der Waals surface area contributed by atoms with Crippen LogP contribution >= 0.6 is 11.8 Å². The predicted octanol–water partition coefficient (Wildman–Crippen LogP) is 3.88. The van der Waals surface area contributed by atoms with Crippen molar-refractivity contribution in [1.29, 1.82) is 0 Å². The number of para-hydroxylation sites is 2. The summed E-state index contributed by atoms with van der Waals surface area (Å²) in [7, 11) is 3.11. The zero-order valence-electron chi connectivity index (χ0n) is 16.0. The van der Waals surface area contributed by atoms with E-state index in [1.165, 1.54) is 7.11 Å². The van der Waals surface area contributed by atoms with Crippen LogP contribution in [-0.2, 0) is 15.3 Å². The molecule has 28 heavy (non-hydrogen) atoms. The highest BCUT2D eigenvalue weighted by Crippen LogP contribution is 2.23. The molecule has 0 radical (unpaired) electrons. The Morgan fingerprint density at radius 2 is 1.89 bits per heavy atom. The van der Waals surface area contributed by atoms with Gasteiger partial charge >= 0.3 is 5.97 Å². The number of ether oxygens (including phenoxy) is 1. The predicted molar refractivity (Wildman–Crippen MR) is 110 cm³/mol. The van der Waals surface area contributed by atoms with Gasteiger partial charge in [-0.25, -0.2) is 4.98 Å². The van der Waals surface area contributed by atoms with E-state index >= 15 is 0 Å². The smallest absolute Gasteiger partial charge is 0.305 e. The van der Waals surface area contributed by atoms with E-state index in [1.54, 1.807) is 23.7 Å². The molecule has 0 aliphatic carbocycles. The molecule has 0 unspecified atom stereocenters. The van der Waals surface area contributed by atoms with Crippen LogP contribution in [0.1, 0.15) is 28.8 Å². The van der Waals surface area contributed by atoms with Crippen molar-refractivity contribution in [1.82, 2.24) is 14.9 Å². The second-order valence-electron chi connectivity index (χ2n) is 6.45. The zero-order valence-corrected chi connectivity index (χ0v) is 16.8. The van der Waals surface area contributed by atoms with Gasteiger partial charge in [-0.05, 0) is 36.2 Å². The number of fused-ring (bicyclic) bond motifs is 1. The number of methoxy groups -OCH3 is 1. The average molecular weight is 398 g/mol. The molecule has 0 aliphatic rings. The molecule has 0 fully saturated rings. The molecule has 3 aromatic rings. The van der Waals surface area contributed by atoms with Crippen LogP contribution in [0.5, 0.6) is 0 Å². The number of rotatable bonds is 8. The number of hydrogen-bond donors (Lipinski definition) is 1. The summed E-state index contributed by atoms with van der Waals surface area (Å²) in [5, 5.41) is 0.881. The summed E-state index contributed by atoms with van der Waals surface area (Å²) in [6, 6.07) is 15.6. The van der Waals surface area contributed by atoms with Gasteiger partial charge in [-0.15, -0.1) is 0 Å². The summed E-state index contributed by atoms with van der Waals surface area (Å²) in [6.45, 7) is 0.511. The van der Waals surface area contributed by atoms with Gasteiger partial charge in [-0.1, -0.05) is 36.0 Å². The second-order valence-corrected chi connectivity index (χ2v) is 7.42. The highest BCUT2D eigenvalue weighted by molar-refractivity contribution is 7.98. The number of carbonyl (C=O) groups excluding carboxylic acids is 2. The second kappa shape index (κ2) is 9.41. The van der Waals surface area contributed by atoms with Crippen molar-refractivity contribution in [3.05, 3.63) is 59.7 Å². The Balaban J connectivity index is 1.52. The highest BCUT2D eigenvalue weighted by Gasteiger charge is 2.12. The van der Waals surface area contributed by atoms with Crippen LogP contribution < -0.4 is 0 Å². The molecule has 1 N–H and O–H groups in total. The van der Waals surface area contributed by atoms with Gasteiger partial charge in [0.05, 0.1) is 18.1 Å². The van der Waals surface area contributed by atoms with Gasteiger partial charge in [0, 0.05) is 31.3 Å². The summed E-state index contributed by atoms with van der Waals surface area (Å²) in [4.78, 5) is 33.1. The van der Waals surface area contributed by atoms with E-state index in [9.17, 15) is 9.59 Å². The van der Waals surface area contributed by atoms with E-state index in [-0.39, 0.29) is 11.9 Å². The number of nitrogens with zero attached hydrogens (tertiary/aromatic N) is 2. The lowest BCUT2D eigenvalue weighted by Crippen LogP contribution is -2.28. The first kappa shape index (κ1) is 19.9. The number of esters is 1. The Hall–Kier alpha value is -2.80. The molecule has 0 aliphatic heterocycles. The summed E-state index contributed by atoms with van der Waals surface area (Å²) in [6.07, 6.45) is 0.896. The topological polar surface area (TPSA) is 75.3 Å². The number of imidazole rings is 1. The third-order valence-electron chi connectivity index (χ3n) is 4.39. The van der Waals surface area contributed by atoms with Crippen molar-refractivity contribution in [2.75, 3.05) is 20.7 Å². The maximum Gasteiger partial charge on any atom is 0.305 e. The van der Waals surface area contributed by atoms with Crippen LogP contribution in [0, 0.1) is 0 Å². The van der Waals surface area contributed by atoms with Crippen molar-refractivity contribution in [2.24, 2.45) is 0 Å². The molecule has 0 spiro atoms. The van der Waals surface area contributed by atoms with Crippen molar-refractivity contribution in [2.45, 2.75) is 23.8 Å². The number of benzene rings is 2. The van der Waals surface area contributed by atoms with Crippen molar-refractivity contribution in [3.63, 3.8) is 0 Å². The Bertz CT molecular complexity index is 920. The molecule has 1 aromatic heterocycles. The lowest BCUT2D eigenvalue weighted by molar-refractivity contribution is -0.140. The lowest BCUT2D eigenvalue weighted by Gasteiger charge is -2.17. The maximum absolute atomic E-state index is 12.5. The normalized spacial score (nSPS) is 10.8. The quantitative estimate of drug-likeness (QED) is 0.461. The number of carbonyl (C=O) groups is 2. The number of hydrogen-bond acceptors (Lipinski definition) is 5. The minimum atomic E-state index is -0.257. The summed E-state index contributed by atoms with van der Waals surface area (Å²) in [5.41, 5.74) is 3.75. The number of amides is 1. The Morgan fingerprint density at radius 3 is 2.61 bits per heavy atom. The van der Waals surface area contributed by atoms with E-state index in [4.69, 9.17) is 0 Å². The standard InChI is InChI=1S/C21H23N3O3S/c1-24(13-5-8-19(25)27-2)20(26)16-11-9-15(10-12-16)14-28-21-22-17-6-3-4-7-18(17)23-21/h3-4,6-7,9-12H,5,8,13-14H2,1-2H3,(H,22,23). The minimum absolute atomic E-state index is 0.0543. The fraction of sp³-hybridized carbons (Fsp3) is 0.286. The van der Waals surface area contributed by atoms with Crippen molar-refractivity contribution < 1.29 is 14.3 Å². The molecule has 3 rings (SSSR count). The van der Waals surface area contributed by atoms with Crippen molar-refractivity contribution in [3.8, 4) is 0 Å². The average Bonchev–Trinajstić information content (AvgIpc) is 3.15. The largest absolute Gasteiger partial charge is 0.469 e. The summed E-state index contributed by atoms with van der Waals surface area (Å²) >= 11 is 1.63. The highest BCUT2D eigenvalue weighted by atomic mass is 32.2. The molecule has 1 amide bonds. The van der Waals surface area contributed by atoms with Gasteiger partial charge in [0.15, 0.2) is 5.16 Å². The third-order valence-corrected chi connectivity index (χ3v) is 5.34. The van der Waals surface area contributed by atoms with E-state index in [1.807, 2.05) is 48.5 Å². The van der Waals surface area contributed by atoms with Crippen LogP contribution in [0.4, 0.5) is 0 Å². The molecule has 146 valence electrons. The first-order valence-electron chi connectivity index (χ1n) is 9.05. The molecule has 0 bridgehead atoms. The van der Waals surface area contributed by atoms with Gasteiger partial charge in [0.1, 0.15) is 0 Å². The van der Waals surface area contributed by atoms with Crippen LogP contribution in [0.2, 0.25) is 0 Å². The maximum atomic E-state index is 12.5. The first-order valence-corrected chi connectivity index (χ1v) is 10.0. The molecule has 0 saturated heterocycles. The summed E-state index contributed by atoms with van der Waals surface area (Å²) in [5.74, 6) is 0.456. The van der Waals surface area contributed by atoms with Gasteiger partial charge in [-0.2, -0.15) is 0 Å². The number of H-pyrrole nitrogens is 1. The molecule has 2 aromatic carbocycles. The van der Waals surface area contributed by atoms with Gasteiger partial charge in [-0.3, -0.25) is 9.59 Å². The lowest BCUT2D eigenvalue weighted by atomic mass is 10.1. The van der Waals surface area contributed by atoms with Gasteiger partial charge < -0.3 is 14.6 Å². The molecule has 0 saturated carbocycles. The fourth-order valence-electron chi connectivity index (χ4n) is 2.78. The van der Waals surface area contributed by atoms with Gasteiger partial charge in [0.25, 0.3) is 5.91 Å². The molecule has 1 heterocycles. The Morgan fingerprint density at radius 1 is 1.14 bits per heavy atom. The molecular formula is C21H23N3O3S. The van der Waals surface area contributed by atoms with Crippen LogP contribution in [0.25, 0.3) is 11.0 Å². The summed E-state index contributed by atoms with van der Waals surface area (Å²) < 4.78 is 4.61. The molecule has 7 heteroatoms. The number of aromatic amines is 1. The number of aromatic nitrogens is 2. The number of thioether (sulfide) groups is 1. The fourth-order valence-corrected chi connectivity index (χ4v) is 3.62. The molecular weight excluding hydrogens is 374 g/mol. The van der Waals surface area contributed by atoms with Crippen LogP contribution in [0.15, 0.2) is 53.7 Å². The van der Waals surface area contributed by atoms with E-state index < -0.39 is 0 Å². The Labute approximate surface area is 168 Å². The number of nitrogens with one attached hydrogen (secondary N) is 1. The van der Waals surface area contributed by atoms with Crippen LogP contribution in [-0.4, -0.2) is 47.4 Å². The van der Waals surface area contributed by atoms with Crippen LogP contribution in [0.3, 0.4) is 0 Å². The van der Waals surface area contributed by atoms with E-state index in [2.05, 4.69) is 14.7 Å². The zero-order chi connectivity index (χ0) is 19.9. The van der Waals surface area contributed by atoms with E-state index in [0.717, 1.165) is 27.5 Å². The Kier molecular flexibility index (Phi) is 6.71. The van der Waals surface area contributed by atoms with E-state index in [0.29, 0.717) is 24.9 Å². The van der Waals surface area contributed by atoms with Crippen molar-refractivity contribution >= 4 is 34.7 Å².